The molecule has 0 unspecified atom stereocenters. The number of nitrogen functional groups attached to an aromatic ring is 1. The second-order valence-corrected chi connectivity index (χ2v) is 6.90. The molecular formula is C11H11I3N2O4. The van der Waals surface area contributed by atoms with E-state index in [0.29, 0.717) is 29.5 Å². The first kappa shape index (κ1) is 18.2. The van der Waals surface area contributed by atoms with E-state index in [9.17, 15) is 14.7 Å². The molecular weight excluding hydrogens is 605 g/mol. The summed E-state index contributed by atoms with van der Waals surface area (Å²) in [5.41, 5.74) is 6.55. The van der Waals surface area contributed by atoms with Crippen LogP contribution in [0.4, 0.5) is 5.69 Å². The molecule has 0 aliphatic rings. The maximum atomic E-state index is 12.2. The highest BCUT2D eigenvalue weighted by Gasteiger charge is 2.26. The van der Waals surface area contributed by atoms with Crippen molar-refractivity contribution in [2.24, 2.45) is 0 Å². The number of aromatic carboxylic acids is 1. The number of halogens is 3. The zero-order valence-corrected chi connectivity index (χ0v) is 16.8. The number of ether oxygens (including phenoxy) is 1. The fourth-order valence-electron chi connectivity index (χ4n) is 1.43. The van der Waals surface area contributed by atoms with Gasteiger partial charge in [-0.2, -0.15) is 0 Å². The second-order valence-electron chi connectivity index (χ2n) is 3.66. The average molecular weight is 616 g/mol. The van der Waals surface area contributed by atoms with E-state index in [-0.39, 0.29) is 17.0 Å². The Balaban J connectivity index is 3.32. The topological polar surface area (TPSA) is 102 Å². The molecule has 1 rings (SSSR count). The summed E-state index contributed by atoms with van der Waals surface area (Å²) < 4.78 is 6.23. The van der Waals surface area contributed by atoms with Gasteiger partial charge in [0, 0.05) is 17.2 Å². The number of carboxylic acid groups (broad SMARTS) is 1. The molecule has 1 aromatic carbocycles. The smallest absolute Gasteiger partial charge is 0.337 e. The highest BCUT2D eigenvalue weighted by Crippen LogP contribution is 2.33. The number of carbonyl (C=O) groups is 2. The SMILES string of the molecule is COCCNC(=O)c1c(I)c(N)c(I)c(C(=O)O)c1I. The number of carboxylic acids is 1. The van der Waals surface area contributed by atoms with Crippen molar-refractivity contribution < 1.29 is 19.4 Å². The number of benzene rings is 1. The van der Waals surface area contributed by atoms with Crippen LogP contribution in [0.5, 0.6) is 0 Å². The summed E-state index contributed by atoms with van der Waals surface area (Å²) in [4.78, 5) is 23.5. The molecule has 0 saturated carbocycles. The van der Waals surface area contributed by atoms with Crippen molar-refractivity contribution in [3.05, 3.63) is 21.8 Å². The first-order valence-corrected chi connectivity index (χ1v) is 8.52. The van der Waals surface area contributed by atoms with Crippen LogP contribution < -0.4 is 11.1 Å². The van der Waals surface area contributed by atoms with Crippen LogP contribution in [0.25, 0.3) is 0 Å². The predicted molar refractivity (Wildman–Crippen MR) is 100 cm³/mol. The number of amides is 1. The molecule has 0 atom stereocenters. The first-order valence-electron chi connectivity index (χ1n) is 5.29. The Kier molecular flexibility index (Phi) is 7.20. The quantitative estimate of drug-likeness (QED) is 0.268. The van der Waals surface area contributed by atoms with E-state index in [2.05, 4.69) is 5.32 Å². The number of hydrogen-bond donors (Lipinski definition) is 3. The largest absolute Gasteiger partial charge is 0.478 e. The van der Waals surface area contributed by atoms with Crippen LogP contribution in [0.15, 0.2) is 0 Å². The highest BCUT2D eigenvalue weighted by molar-refractivity contribution is 14.1. The standard InChI is InChI=1S/C11H11I3N2O4/c1-20-3-2-16-10(17)4-6(12)5(11(18)19)8(14)9(15)7(4)13/h2-3,15H2,1H3,(H,16,17)(H,18,19). The third kappa shape index (κ3) is 3.85. The molecule has 6 nitrogen and oxygen atoms in total. The fourth-order valence-corrected chi connectivity index (χ4v) is 5.54. The molecule has 0 saturated heterocycles. The van der Waals surface area contributed by atoms with E-state index in [1.807, 2.05) is 67.8 Å². The van der Waals surface area contributed by atoms with Gasteiger partial charge in [0.25, 0.3) is 5.91 Å². The number of carbonyl (C=O) groups excluding carboxylic acids is 1. The number of hydrogen-bond acceptors (Lipinski definition) is 4. The lowest BCUT2D eigenvalue weighted by Gasteiger charge is -2.15. The van der Waals surface area contributed by atoms with Gasteiger partial charge in [0.2, 0.25) is 0 Å². The minimum atomic E-state index is -1.10. The van der Waals surface area contributed by atoms with E-state index in [0.717, 1.165) is 0 Å². The summed E-state index contributed by atoms with van der Waals surface area (Å²) in [7, 11) is 1.53. The zero-order valence-electron chi connectivity index (χ0n) is 10.3. The fraction of sp³-hybridized carbons (Fsp3) is 0.273. The Bertz CT molecular complexity index is 563. The van der Waals surface area contributed by atoms with Crippen molar-refractivity contribution in [3.63, 3.8) is 0 Å². The Morgan fingerprint density at radius 3 is 2.25 bits per heavy atom. The molecule has 9 heteroatoms. The summed E-state index contributed by atoms with van der Waals surface area (Å²) in [6.45, 7) is 0.723. The molecule has 0 bridgehead atoms. The summed E-state index contributed by atoms with van der Waals surface area (Å²) in [6, 6.07) is 0. The Morgan fingerprint density at radius 2 is 1.75 bits per heavy atom. The van der Waals surface area contributed by atoms with E-state index >= 15 is 0 Å². The Hall–Kier alpha value is 0.110. The van der Waals surface area contributed by atoms with E-state index < -0.39 is 5.97 Å². The molecule has 20 heavy (non-hydrogen) atoms. The molecule has 110 valence electrons. The molecule has 1 amide bonds. The van der Waals surface area contributed by atoms with Gasteiger partial charge in [-0.3, -0.25) is 4.79 Å². The van der Waals surface area contributed by atoms with E-state index in [1.165, 1.54) is 7.11 Å². The van der Waals surface area contributed by atoms with E-state index in [4.69, 9.17) is 10.5 Å². The van der Waals surface area contributed by atoms with Crippen molar-refractivity contribution >= 4 is 85.3 Å². The number of rotatable bonds is 5. The maximum Gasteiger partial charge on any atom is 0.337 e. The lowest BCUT2D eigenvalue weighted by molar-refractivity contribution is 0.0694. The number of anilines is 1. The van der Waals surface area contributed by atoms with Crippen LogP contribution in [-0.4, -0.2) is 37.2 Å². The molecule has 0 aromatic heterocycles. The summed E-state index contributed by atoms with van der Waals surface area (Å²) in [6.07, 6.45) is 0. The second kappa shape index (κ2) is 7.93. The average Bonchev–Trinajstić information content (AvgIpc) is 2.36. The van der Waals surface area contributed by atoms with Crippen LogP contribution in [0, 0.1) is 10.7 Å². The van der Waals surface area contributed by atoms with Crippen LogP contribution in [-0.2, 0) is 4.74 Å². The third-order valence-corrected chi connectivity index (χ3v) is 5.70. The molecule has 1 aromatic rings. The predicted octanol–water partition coefficient (Wildman–Crippen LogP) is 2.16. The van der Waals surface area contributed by atoms with Crippen LogP contribution >= 0.6 is 67.8 Å². The maximum absolute atomic E-state index is 12.2. The number of nitrogens with two attached hydrogens (primary N) is 1. The normalized spacial score (nSPS) is 10.4. The molecule has 0 heterocycles. The summed E-state index contributed by atoms with van der Waals surface area (Å²) >= 11 is 5.69. The molecule has 0 spiro atoms. The van der Waals surface area contributed by atoms with Crippen molar-refractivity contribution in [2.75, 3.05) is 26.0 Å². The molecule has 0 radical (unpaired) electrons. The zero-order chi connectivity index (χ0) is 15.4. The molecule has 0 aliphatic carbocycles. The van der Waals surface area contributed by atoms with E-state index in [1.54, 1.807) is 0 Å². The van der Waals surface area contributed by atoms with Gasteiger partial charge < -0.3 is 20.9 Å². The Morgan fingerprint density at radius 1 is 1.20 bits per heavy atom. The highest BCUT2D eigenvalue weighted by atomic mass is 127. The van der Waals surface area contributed by atoms with Crippen molar-refractivity contribution in [3.8, 4) is 0 Å². The van der Waals surface area contributed by atoms with Gasteiger partial charge in [-0.05, 0) is 67.8 Å². The van der Waals surface area contributed by atoms with Gasteiger partial charge in [0.15, 0.2) is 0 Å². The van der Waals surface area contributed by atoms with Crippen LogP contribution in [0.3, 0.4) is 0 Å². The van der Waals surface area contributed by atoms with Gasteiger partial charge >= 0.3 is 5.97 Å². The molecule has 0 aliphatic heterocycles. The Labute approximate surface area is 156 Å². The van der Waals surface area contributed by atoms with Crippen molar-refractivity contribution in [2.45, 2.75) is 0 Å². The van der Waals surface area contributed by atoms with Crippen molar-refractivity contribution in [1.29, 1.82) is 0 Å². The monoisotopic (exact) mass is 616 g/mol. The van der Waals surface area contributed by atoms with Crippen LogP contribution in [0.2, 0.25) is 0 Å². The summed E-state index contributed by atoms with van der Waals surface area (Å²) in [5, 5.41) is 11.9. The summed E-state index contributed by atoms with van der Waals surface area (Å²) in [5.74, 6) is -1.46. The van der Waals surface area contributed by atoms with Gasteiger partial charge in [0.05, 0.1) is 30.6 Å². The number of nitrogens with one attached hydrogen (secondary N) is 1. The van der Waals surface area contributed by atoms with Gasteiger partial charge in [-0.25, -0.2) is 4.79 Å². The minimum absolute atomic E-state index is 0.0565. The van der Waals surface area contributed by atoms with Crippen LogP contribution in [0.1, 0.15) is 20.7 Å². The van der Waals surface area contributed by atoms with Gasteiger partial charge in [-0.1, -0.05) is 0 Å². The minimum Gasteiger partial charge on any atom is -0.478 e. The molecule has 4 N–H and O–H groups in total. The van der Waals surface area contributed by atoms with Gasteiger partial charge in [-0.15, -0.1) is 0 Å². The lowest BCUT2D eigenvalue weighted by Crippen LogP contribution is -2.29. The van der Waals surface area contributed by atoms with Gasteiger partial charge in [0.1, 0.15) is 0 Å². The first-order chi connectivity index (χ1) is 9.32. The third-order valence-electron chi connectivity index (χ3n) is 2.38. The van der Waals surface area contributed by atoms with Crippen molar-refractivity contribution in [1.82, 2.24) is 5.32 Å². The number of methoxy groups -OCH3 is 1. The lowest BCUT2D eigenvalue weighted by atomic mass is 10.1. The molecule has 0 fully saturated rings.